The molecular formula is C14H12ClF2N3O. The molecule has 0 spiro atoms. The average Bonchev–Trinajstić information content (AvgIpc) is 2.46. The van der Waals surface area contributed by atoms with Gasteiger partial charge in [-0.3, -0.25) is 4.79 Å². The fourth-order valence-corrected chi connectivity index (χ4v) is 1.87. The summed E-state index contributed by atoms with van der Waals surface area (Å²) in [6.45, 7) is 2.49. The first-order valence-corrected chi connectivity index (χ1v) is 6.55. The van der Waals surface area contributed by atoms with Crippen molar-refractivity contribution < 1.29 is 13.6 Å². The molecule has 0 bridgehead atoms. The Balaban J connectivity index is 2.28. The maximum atomic E-state index is 13.5. The number of aromatic nitrogens is 1. The van der Waals surface area contributed by atoms with Crippen LogP contribution in [-0.2, 0) is 0 Å². The van der Waals surface area contributed by atoms with Gasteiger partial charge < -0.3 is 10.6 Å². The lowest BCUT2D eigenvalue weighted by Crippen LogP contribution is -2.15. The van der Waals surface area contributed by atoms with E-state index in [0.717, 1.165) is 6.07 Å². The van der Waals surface area contributed by atoms with Crippen LogP contribution in [0.4, 0.5) is 20.3 Å². The molecule has 0 atom stereocenters. The van der Waals surface area contributed by atoms with Gasteiger partial charge in [-0.1, -0.05) is 17.7 Å². The number of hydrogen-bond donors (Lipinski definition) is 2. The van der Waals surface area contributed by atoms with Crippen LogP contribution in [-0.4, -0.2) is 17.4 Å². The number of pyridine rings is 1. The second kappa shape index (κ2) is 6.49. The predicted molar refractivity (Wildman–Crippen MR) is 77.7 cm³/mol. The van der Waals surface area contributed by atoms with Crippen molar-refractivity contribution in [3.8, 4) is 0 Å². The van der Waals surface area contributed by atoms with Gasteiger partial charge in [0.25, 0.3) is 5.91 Å². The van der Waals surface area contributed by atoms with Crippen LogP contribution < -0.4 is 10.6 Å². The van der Waals surface area contributed by atoms with Crippen molar-refractivity contribution in [3.05, 3.63) is 52.7 Å². The van der Waals surface area contributed by atoms with E-state index in [1.165, 1.54) is 24.4 Å². The van der Waals surface area contributed by atoms with E-state index < -0.39 is 17.5 Å². The molecule has 4 nitrogen and oxygen atoms in total. The topological polar surface area (TPSA) is 54.0 Å². The fraction of sp³-hybridized carbons (Fsp3) is 0.143. The molecule has 0 saturated heterocycles. The van der Waals surface area contributed by atoms with Gasteiger partial charge in [-0.15, -0.1) is 0 Å². The van der Waals surface area contributed by atoms with Crippen molar-refractivity contribution in [2.75, 3.05) is 17.2 Å². The van der Waals surface area contributed by atoms with E-state index in [1.54, 1.807) is 0 Å². The molecule has 2 rings (SSSR count). The Kier molecular flexibility index (Phi) is 4.70. The van der Waals surface area contributed by atoms with Crippen molar-refractivity contribution in [2.45, 2.75) is 6.92 Å². The van der Waals surface area contributed by atoms with Gasteiger partial charge in [0, 0.05) is 12.7 Å². The van der Waals surface area contributed by atoms with Gasteiger partial charge in [0.1, 0.15) is 5.82 Å². The molecule has 2 N–H and O–H groups in total. The van der Waals surface area contributed by atoms with Crippen LogP contribution in [0.2, 0.25) is 5.02 Å². The van der Waals surface area contributed by atoms with Crippen molar-refractivity contribution >= 4 is 29.0 Å². The molecule has 0 unspecified atom stereocenters. The van der Waals surface area contributed by atoms with Gasteiger partial charge in [-0.05, 0) is 25.1 Å². The van der Waals surface area contributed by atoms with E-state index in [2.05, 4.69) is 15.6 Å². The van der Waals surface area contributed by atoms with E-state index in [0.29, 0.717) is 12.4 Å². The Labute approximate surface area is 125 Å². The smallest absolute Gasteiger partial charge is 0.257 e. The molecule has 0 fully saturated rings. The second-order valence-electron chi connectivity index (χ2n) is 4.14. The van der Waals surface area contributed by atoms with Crippen molar-refractivity contribution in [3.63, 3.8) is 0 Å². The minimum Gasteiger partial charge on any atom is -0.370 e. The molecule has 0 aliphatic rings. The number of rotatable bonds is 4. The summed E-state index contributed by atoms with van der Waals surface area (Å²) in [6.07, 6.45) is 1.32. The number of benzene rings is 1. The molecule has 1 aromatic heterocycles. The van der Waals surface area contributed by atoms with Crippen LogP contribution in [0.15, 0.2) is 30.5 Å². The van der Waals surface area contributed by atoms with E-state index in [9.17, 15) is 13.6 Å². The Morgan fingerprint density at radius 2 is 2.14 bits per heavy atom. The average molecular weight is 312 g/mol. The highest BCUT2D eigenvalue weighted by molar-refractivity contribution is 6.34. The summed E-state index contributed by atoms with van der Waals surface area (Å²) < 4.78 is 26.6. The fourth-order valence-electron chi connectivity index (χ4n) is 1.68. The second-order valence-corrected chi connectivity index (χ2v) is 4.54. The highest BCUT2D eigenvalue weighted by atomic mass is 35.5. The number of amides is 1. The molecule has 0 aliphatic heterocycles. The summed E-state index contributed by atoms with van der Waals surface area (Å²) in [5.41, 5.74) is -0.135. The van der Waals surface area contributed by atoms with Crippen molar-refractivity contribution in [1.82, 2.24) is 4.98 Å². The van der Waals surface area contributed by atoms with Gasteiger partial charge in [0.05, 0.1) is 16.3 Å². The lowest BCUT2D eigenvalue weighted by atomic mass is 10.2. The van der Waals surface area contributed by atoms with E-state index in [-0.39, 0.29) is 16.3 Å². The summed E-state index contributed by atoms with van der Waals surface area (Å²) in [5, 5.41) is 5.33. The van der Waals surface area contributed by atoms with Crippen molar-refractivity contribution in [1.29, 1.82) is 0 Å². The zero-order valence-electron chi connectivity index (χ0n) is 11.1. The summed E-state index contributed by atoms with van der Waals surface area (Å²) in [6, 6.07) is 4.97. The highest BCUT2D eigenvalue weighted by Crippen LogP contribution is 2.21. The normalized spacial score (nSPS) is 10.3. The number of nitrogens with one attached hydrogen (secondary N) is 2. The summed E-state index contributed by atoms with van der Waals surface area (Å²) in [4.78, 5) is 16.1. The molecule has 1 heterocycles. The lowest BCUT2D eigenvalue weighted by molar-refractivity contribution is 0.102. The van der Waals surface area contributed by atoms with E-state index >= 15 is 0 Å². The molecule has 0 aliphatic carbocycles. The Morgan fingerprint density at radius 3 is 2.86 bits per heavy atom. The molecule has 2 aromatic rings. The Morgan fingerprint density at radius 1 is 1.38 bits per heavy atom. The minimum absolute atomic E-state index is 0.117. The molecule has 1 aromatic carbocycles. The molecule has 0 radical (unpaired) electrons. The molecule has 7 heteroatoms. The number of carbonyl (C=O) groups is 1. The quantitative estimate of drug-likeness (QED) is 0.905. The van der Waals surface area contributed by atoms with E-state index in [4.69, 9.17) is 11.6 Å². The number of halogens is 3. The summed E-state index contributed by atoms with van der Waals surface area (Å²) >= 11 is 5.91. The molecule has 110 valence electrons. The number of carbonyl (C=O) groups excluding carboxylic acids is 1. The van der Waals surface area contributed by atoms with Crippen LogP contribution in [0.1, 0.15) is 17.3 Å². The molecule has 21 heavy (non-hydrogen) atoms. The first kappa shape index (κ1) is 15.2. The van der Waals surface area contributed by atoms with Crippen LogP contribution in [0, 0.1) is 11.6 Å². The number of anilines is 2. The Hall–Kier alpha value is -2.21. The molecule has 1 amide bonds. The van der Waals surface area contributed by atoms with Gasteiger partial charge >= 0.3 is 0 Å². The maximum absolute atomic E-state index is 13.5. The summed E-state index contributed by atoms with van der Waals surface area (Å²) in [7, 11) is 0. The van der Waals surface area contributed by atoms with Crippen LogP contribution in [0.5, 0.6) is 0 Å². The maximum Gasteiger partial charge on any atom is 0.257 e. The molecule has 0 saturated carbocycles. The van der Waals surface area contributed by atoms with E-state index in [1.807, 2.05) is 6.92 Å². The van der Waals surface area contributed by atoms with Gasteiger partial charge in [0.2, 0.25) is 0 Å². The van der Waals surface area contributed by atoms with Crippen LogP contribution >= 0.6 is 11.6 Å². The first-order valence-electron chi connectivity index (χ1n) is 6.17. The molecular weight excluding hydrogens is 300 g/mol. The van der Waals surface area contributed by atoms with Gasteiger partial charge in [0.15, 0.2) is 11.6 Å². The zero-order valence-corrected chi connectivity index (χ0v) is 11.8. The highest BCUT2D eigenvalue weighted by Gasteiger charge is 2.15. The Bertz CT molecular complexity index is 679. The SMILES string of the molecule is CCNc1cc(C(=O)Nc2cccc(F)c2F)c(Cl)cn1. The third-order valence-corrected chi connectivity index (χ3v) is 2.96. The monoisotopic (exact) mass is 311 g/mol. The number of nitrogens with zero attached hydrogens (tertiary/aromatic N) is 1. The number of hydrogen-bond acceptors (Lipinski definition) is 3. The van der Waals surface area contributed by atoms with Crippen LogP contribution in [0.25, 0.3) is 0 Å². The first-order chi connectivity index (χ1) is 10.0. The van der Waals surface area contributed by atoms with Crippen molar-refractivity contribution in [2.24, 2.45) is 0 Å². The standard InChI is InChI=1S/C14H12ClF2N3O/c1-2-18-12-6-8(9(15)7-19-12)14(21)20-11-5-3-4-10(16)13(11)17/h3-7H,2H2,1H3,(H,18,19)(H,20,21). The largest absolute Gasteiger partial charge is 0.370 e. The minimum atomic E-state index is -1.12. The van der Waals surface area contributed by atoms with Crippen LogP contribution in [0.3, 0.4) is 0 Å². The lowest BCUT2D eigenvalue weighted by Gasteiger charge is -2.09. The van der Waals surface area contributed by atoms with Gasteiger partial charge in [-0.2, -0.15) is 0 Å². The third-order valence-electron chi connectivity index (χ3n) is 2.66. The predicted octanol–water partition coefficient (Wildman–Crippen LogP) is 3.70. The third kappa shape index (κ3) is 3.46. The zero-order chi connectivity index (χ0) is 15.4. The summed E-state index contributed by atoms with van der Waals surface area (Å²) in [5.74, 6) is -2.34. The van der Waals surface area contributed by atoms with Gasteiger partial charge in [-0.25, -0.2) is 13.8 Å².